The van der Waals surface area contributed by atoms with E-state index in [4.69, 9.17) is 0 Å². The molecule has 4 nitrogen and oxygen atoms in total. The van der Waals surface area contributed by atoms with Gasteiger partial charge in [-0.05, 0) is 37.5 Å². The summed E-state index contributed by atoms with van der Waals surface area (Å²) in [6.07, 6.45) is 11.2. The second kappa shape index (κ2) is 6.77. The molecule has 1 aromatic heterocycles. The predicted molar refractivity (Wildman–Crippen MR) is 86.7 cm³/mol. The van der Waals surface area contributed by atoms with E-state index < -0.39 is 0 Å². The molecule has 0 radical (unpaired) electrons. The highest BCUT2D eigenvalue weighted by atomic mass is 16.1. The molecule has 1 N–H and O–H groups in total. The van der Waals surface area contributed by atoms with E-state index in [1.54, 1.807) is 12.5 Å². The van der Waals surface area contributed by atoms with Crippen LogP contribution in [-0.2, 0) is 4.79 Å². The van der Waals surface area contributed by atoms with Crippen LogP contribution in [0.3, 0.4) is 0 Å². The van der Waals surface area contributed by atoms with Gasteiger partial charge in [0.25, 0.3) is 0 Å². The summed E-state index contributed by atoms with van der Waals surface area (Å²) in [6.45, 7) is 2.05. The van der Waals surface area contributed by atoms with E-state index in [1.807, 2.05) is 17.7 Å². The summed E-state index contributed by atoms with van der Waals surface area (Å²) in [5.74, 6) is 0.423. The Morgan fingerprint density at radius 2 is 1.95 bits per heavy atom. The Kier molecular flexibility index (Phi) is 4.56. The van der Waals surface area contributed by atoms with E-state index in [0.29, 0.717) is 0 Å². The Hall–Kier alpha value is -2.10. The molecule has 3 rings (SSSR count). The van der Waals surface area contributed by atoms with Crippen LogP contribution in [0.4, 0.5) is 0 Å². The number of nitrogens with one attached hydrogen (secondary N) is 1. The average Bonchev–Trinajstić information content (AvgIpc) is 3.10. The van der Waals surface area contributed by atoms with Gasteiger partial charge in [0.1, 0.15) is 0 Å². The zero-order chi connectivity index (χ0) is 15.4. The fourth-order valence-corrected chi connectivity index (χ4v) is 3.13. The third-order valence-electron chi connectivity index (χ3n) is 4.53. The Balaban J connectivity index is 1.62. The van der Waals surface area contributed by atoms with Crippen LogP contribution >= 0.6 is 0 Å². The molecule has 2 aromatic rings. The molecule has 1 saturated carbocycles. The first-order valence-electron chi connectivity index (χ1n) is 8.13. The second-order valence-electron chi connectivity index (χ2n) is 6.13. The van der Waals surface area contributed by atoms with Crippen LogP contribution in [0.2, 0.25) is 0 Å². The molecule has 1 heterocycles. The van der Waals surface area contributed by atoms with Crippen LogP contribution in [0.25, 0.3) is 5.69 Å². The lowest BCUT2D eigenvalue weighted by atomic mass is 9.88. The Morgan fingerprint density at radius 3 is 2.59 bits per heavy atom. The van der Waals surface area contributed by atoms with Crippen LogP contribution in [0.5, 0.6) is 0 Å². The average molecular weight is 297 g/mol. The number of hydrogen-bond donors (Lipinski definition) is 1. The van der Waals surface area contributed by atoms with Gasteiger partial charge in [-0.3, -0.25) is 4.79 Å². The molecule has 0 spiro atoms. The zero-order valence-electron chi connectivity index (χ0n) is 13.0. The van der Waals surface area contributed by atoms with Crippen molar-refractivity contribution in [2.45, 2.75) is 45.1 Å². The fourth-order valence-electron chi connectivity index (χ4n) is 3.13. The zero-order valence-corrected chi connectivity index (χ0v) is 13.0. The topological polar surface area (TPSA) is 46.9 Å². The molecule has 1 aromatic carbocycles. The molecule has 0 bridgehead atoms. The number of imidazole rings is 1. The number of nitrogens with zero attached hydrogens (tertiary/aromatic N) is 2. The summed E-state index contributed by atoms with van der Waals surface area (Å²) >= 11 is 0. The quantitative estimate of drug-likeness (QED) is 0.936. The minimum absolute atomic E-state index is 0.0475. The molecular formula is C18H23N3O. The van der Waals surface area contributed by atoms with E-state index >= 15 is 0 Å². The summed E-state index contributed by atoms with van der Waals surface area (Å²) in [5, 5.41) is 3.16. The fraction of sp³-hybridized carbons (Fsp3) is 0.444. The van der Waals surface area contributed by atoms with Crippen molar-refractivity contribution in [3.05, 3.63) is 48.5 Å². The van der Waals surface area contributed by atoms with Gasteiger partial charge < -0.3 is 9.88 Å². The molecule has 0 unspecified atom stereocenters. The summed E-state index contributed by atoms with van der Waals surface area (Å²) in [7, 11) is 0. The first-order chi connectivity index (χ1) is 10.7. The molecule has 1 aliphatic carbocycles. The summed E-state index contributed by atoms with van der Waals surface area (Å²) in [6, 6.07) is 8.30. The normalized spacial score (nSPS) is 17.1. The van der Waals surface area contributed by atoms with Gasteiger partial charge >= 0.3 is 0 Å². The number of amides is 1. The van der Waals surface area contributed by atoms with E-state index in [9.17, 15) is 4.79 Å². The first-order valence-corrected chi connectivity index (χ1v) is 8.13. The largest absolute Gasteiger partial charge is 0.349 e. The Bertz CT molecular complexity index is 598. The minimum Gasteiger partial charge on any atom is -0.349 e. The van der Waals surface area contributed by atoms with Crippen LogP contribution < -0.4 is 5.32 Å². The SMILES string of the molecule is C[C@@H](NC(=O)C1CCCCC1)c1ccc(-n2ccnc2)cc1. The second-order valence-corrected chi connectivity index (χ2v) is 6.13. The van der Waals surface area contributed by atoms with Crippen LogP contribution in [0.15, 0.2) is 43.0 Å². The van der Waals surface area contributed by atoms with Gasteiger partial charge in [-0.25, -0.2) is 4.98 Å². The van der Waals surface area contributed by atoms with Crippen molar-refractivity contribution in [3.63, 3.8) is 0 Å². The number of rotatable bonds is 4. The van der Waals surface area contributed by atoms with Crippen molar-refractivity contribution in [1.82, 2.24) is 14.9 Å². The lowest BCUT2D eigenvalue weighted by Gasteiger charge is -2.23. The van der Waals surface area contributed by atoms with Crippen molar-refractivity contribution in [3.8, 4) is 5.69 Å². The predicted octanol–water partition coefficient (Wildman–Crippen LogP) is 3.63. The standard InChI is InChI=1S/C18H23N3O/c1-14(20-18(22)16-5-3-2-4-6-16)15-7-9-17(10-8-15)21-12-11-19-13-21/h7-14,16H,2-6H2,1H3,(H,20,22)/t14-/m1/s1. The number of carbonyl (C=O) groups excluding carboxylic acids is 1. The van der Waals surface area contributed by atoms with Gasteiger partial charge in [-0.2, -0.15) is 0 Å². The van der Waals surface area contributed by atoms with E-state index in [1.165, 1.54) is 19.3 Å². The minimum atomic E-state index is 0.0475. The van der Waals surface area contributed by atoms with Crippen LogP contribution in [0, 0.1) is 5.92 Å². The third kappa shape index (κ3) is 3.38. The maximum Gasteiger partial charge on any atom is 0.223 e. The maximum absolute atomic E-state index is 12.3. The number of benzene rings is 1. The van der Waals surface area contributed by atoms with Crippen molar-refractivity contribution in [2.24, 2.45) is 5.92 Å². The highest BCUT2D eigenvalue weighted by Crippen LogP contribution is 2.25. The van der Waals surface area contributed by atoms with Crippen LogP contribution in [-0.4, -0.2) is 15.5 Å². The number of aromatic nitrogens is 2. The summed E-state index contributed by atoms with van der Waals surface area (Å²) in [4.78, 5) is 16.4. The van der Waals surface area contributed by atoms with Crippen molar-refractivity contribution in [2.75, 3.05) is 0 Å². The lowest BCUT2D eigenvalue weighted by molar-refractivity contribution is -0.126. The van der Waals surface area contributed by atoms with Gasteiger partial charge in [0, 0.05) is 24.0 Å². The lowest BCUT2D eigenvalue weighted by Crippen LogP contribution is -2.33. The number of hydrogen-bond acceptors (Lipinski definition) is 2. The molecule has 22 heavy (non-hydrogen) atoms. The molecule has 1 aliphatic rings. The molecular weight excluding hydrogens is 274 g/mol. The molecule has 4 heteroatoms. The van der Waals surface area contributed by atoms with Crippen molar-refractivity contribution < 1.29 is 4.79 Å². The molecule has 116 valence electrons. The van der Waals surface area contributed by atoms with Crippen molar-refractivity contribution in [1.29, 1.82) is 0 Å². The maximum atomic E-state index is 12.3. The number of carbonyl (C=O) groups is 1. The van der Waals surface area contributed by atoms with Gasteiger partial charge in [-0.1, -0.05) is 31.4 Å². The highest BCUT2D eigenvalue weighted by Gasteiger charge is 2.22. The Morgan fingerprint density at radius 1 is 1.23 bits per heavy atom. The van der Waals surface area contributed by atoms with Crippen LogP contribution in [0.1, 0.15) is 50.6 Å². The third-order valence-corrected chi connectivity index (χ3v) is 4.53. The van der Waals surface area contributed by atoms with E-state index in [0.717, 1.165) is 24.1 Å². The Labute approximate surface area is 131 Å². The monoisotopic (exact) mass is 297 g/mol. The first kappa shape index (κ1) is 14.8. The summed E-state index contributed by atoms with van der Waals surface area (Å²) in [5.41, 5.74) is 2.21. The molecule has 1 amide bonds. The smallest absolute Gasteiger partial charge is 0.223 e. The highest BCUT2D eigenvalue weighted by molar-refractivity contribution is 5.79. The molecule has 1 atom stereocenters. The van der Waals surface area contributed by atoms with Gasteiger partial charge in [0.05, 0.1) is 12.4 Å². The van der Waals surface area contributed by atoms with Crippen molar-refractivity contribution >= 4 is 5.91 Å². The summed E-state index contributed by atoms with van der Waals surface area (Å²) < 4.78 is 1.97. The van der Waals surface area contributed by atoms with Gasteiger partial charge in [0.2, 0.25) is 5.91 Å². The molecule has 0 aliphatic heterocycles. The van der Waals surface area contributed by atoms with Gasteiger partial charge in [-0.15, -0.1) is 0 Å². The van der Waals surface area contributed by atoms with E-state index in [-0.39, 0.29) is 17.9 Å². The van der Waals surface area contributed by atoms with E-state index in [2.05, 4.69) is 34.6 Å². The molecule has 0 saturated heterocycles. The molecule has 1 fully saturated rings. The van der Waals surface area contributed by atoms with Gasteiger partial charge in [0.15, 0.2) is 0 Å².